The number of alkyl halides is 3. The maximum absolute atomic E-state index is 12.9. The fraction of sp³-hybridized carbons (Fsp3) is 0.500. The highest BCUT2D eigenvalue weighted by atomic mass is 19.4. The van der Waals surface area contributed by atoms with E-state index in [0.29, 0.717) is 4.90 Å². The third-order valence-electron chi connectivity index (χ3n) is 3.62. The van der Waals surface area contributed by atoms with Crippen LogP contribution in [0.2, 0.25) is 0 Å². The first-order valence-electron chi connectivity index (χ1n) is 7.38. The average molecular weight is 378 g/mol. The van der Waals surface area contributed by atoms with Crippen LogP contribution in [-0.4, -0.2) is 66.3 Å². The van der Waals surface area contributed by atoms with Crippen molar-refractivity contribution in [1.82, 2.24) is 14.5 Å². The van der Waals surface area contributed by atoms with E-state index in [1.807, 2.05) is 0 Å². The maximum atomic E-state index is 12.9. The molecule has 12 heteroatoms. The number of nitrogens with zero attached hydrogens (tertiary/aromatic N) is 3. The number of halogens is 3. The molecule has 0 spiro atoms. The Balaban J connectivity index is 2.29. The number of carbonyl (C=O) groups excluding carboxylic acids is 2. The molecule has 0 aromatic carbocycles. The van der Waals surface area contributed by atoms with Gasteiger partial charge in [0.1, 0.15) is 12.7 Å². The molecule has 26 heavy (non-hydrogen) atoms. The molecule has 1 aromatic heterocycles. The number of ether oxygens (including phenoxy) is 2. The molecule has 1 aliphatic heterocycles. The summed E-state index contributed by atoms with van der Waals surface area (Å²) in [4.78, 5) is 37.5. The highest BCUT2D eigenvalue weighted by Crippen LogP contribution is 2.28. The summed E-state index contributed by atoms with van der Waals surface area (Å²) in [6, 6.07) is -1.01. The van der Waals surface area contributed by atoms with Crippen molar-refractivity contribution in [3.8, 4) is 5.75 Å². The number of aromatic nitrogens is 1. The van der Waals surface area contributed by atoms with Gasteiger partial charge in [-0.25, -0.2) is 4.79 Å². The molecular weight excluding hydrogens is 361 g/mol. The summed E-state index contributed by atoms with van der Waals surface area (Å²) in [5.41, 5.74) is 1.41. The van der Waals surface area contributed by atoms with Gasteiger partial charge in [0.05, 0.1) is 0 Å². The van der Waals surface area contributed by atoms with E-state index in [4.69, 9.17) is 9.47 Å². The Morgan fingerprint density at radius 1 is 1.38 bits per heavy atom. The minimum atomic E-state index is -4.64. The molecule has 0 unspecified atom stereocenters. The van der Waals surface area contributed by atoms with Gasteiger partial charge >= 0.3 is 12.3 Å². The topological polar surface area (TPSA) is 93.1 Å². The third kappa shape index (κ3) is 3.83. The van der Waals surface area contributed by atoms with Gasteiger partial charge in [0.2, 0.25) is 18.0 Å². The second kappa shape index (κ2) is 7.14. The van der Waals surface area contributed by atoms with Crippen LogP contribution in [0.5, 0.6) is 5.75 Å². The van der Waals surface area contributed by atoms with Gasteiger partial charge in [0, 0.05) is 26.4 Å². The minimum absolute atomic E-state index is 0.412. The number of hydrogen-bond donors (Lipinski definition) is 1. The van der Waals surface area contributed by atoms with Crippen LogP contribution in [0, 0.1) is 0 Å². The van der Waals surface area contributed by atoms with Crippen molar-refractivity contribution >= 4 is 12.0 Å². The van der Waals surface area contributed by atoms with Crippen molar-refractivity contribution in [3.63, 3.8) is 0 Å². The highest BCUT2D eigenvalue weighted by Gasteiger charge is 2.44. The summed E-state index contributed by atoms with van der Waals surface area (Å²) >= 11 is 0. The van der Waals surface area contributed by atoms with Gasteiger partial charge in [-0.1, -0.05) is 0 Å². The second-order valence-corrected chi connectivity index (χ2v) is 5.60. The lowest BCUT2D eigenvalue weighted by Crippen LogP contribution is -2.54. The molecule has 9 nitrogen and oxygen atoms in total. The van der Waals surface area contributed by atoms with Crippen LogP contribution < -0.4 is 15.6 Å². The minimum Gasteiger partial charge on any atom is -0.451 e. The lowest BCUT2D eigenvalue weighted by molar-refractivity contribution is -0.172. The molecule has 0 fully saturated rings. The summed E-state index contributed by atoms with van der Waals surface area (Å²) in [6.45, 7) is -0.272. The molecule has 1 N–H and O–H groups in total. The SMILES string of the molecule is C[C@@H](N1CNn2ccc(=O)c(OCOC(=O)N(C)C)c2C1=O)C(F)(F)F. The van der Waals surface area contributed by atoms with E-state index >= 15 is 0 Å². The van der Waals surface area contributed by atoms with Crippen LogP contribution in [-0.2, 0) is 4.74 Å². The van der Waals surface area contributed by atoms with Gasteiger partial charge in [0.25, 0.3) is 5.91 Å². The zero-order valence-electron chi connectivity index (χ0n) is 14.2. The maximum Gasteiger partial charge on any atom is 0.412 e. The second-order valence-electron chi connectivity index (χ2n) is 5.60. The number of carbonyl (C=O) groups is 2. The monoisotopic (exact) mass is 378 g/mol. The molecule has 2 rings (SSSR count). The first kappa shape index (κ1) is 19.4. The molecule has 0 radical (unpaired) electrons. The van der Waals surface area contributed by atoms with Crippen molar-refractivity contribution in [2.75, 3.05) is 33.0 Å². The fourth-order valence-corrected chi connectivity index (χ4v) is 2.11. The molecule has 0 aliphatic carbocycles. The summed E-state index contributed by atoms with van der Waals surface area (Å²) < 4.78 is 49.7. The van der Waals surface area contributed by atoms with Crippen LogP contribution in [0.25, 0.3) is 0 Å². The number of pyridine rings is 1. The van der Waals surface area contributed by atoms with E-state index in [2.05, 4.69) is 5.43 Å². The molecule has 0 saturated heterocycles. The van der Waals surface area contributed by atoms with Gasteiger partial charge in [-0.15, -0.1) is 0 Å². The zero-order valence-corrected chi connectivity index (χ0v) is 14.2. The first-order valence-corrected chi connectivity index (χ1v) is 7.38. The Bertz CT molecular complexity index is 762. The Kier molecular flexibility index (Phi) is 5.33. The number of nitrogens with one attached hydrogen (secondary N) is 1. The standard InChI is InChI=1S/C14H17F3N4O5/c1-8(14(15,16)17)20-6-18-21-5-4-9(22)11(10(21)12(20)23)25-7-26-13(24)19(2)3/h4-5,8,18H,6-7H2,1-3H3/t8-/m1/s1. The van der Waals surface area contributed by atoms with Crippen molar-refractivity contribution in [2.45, 2.75) is 19.1 Å². The molecule has 0 bridgehead atoms. The molecule has 2 amide bonds. The van der Waals surface area contributed by atoms with Gasteiger partial charge in [-0.3, -0.25) is 14.3 Å². The van der Waals surface area contributed by atoms with Gasteiger partial charge in [0.15, 0.2) is 5.69 Å². The van der Waals surface area contributed by atoms with Crippen molar-refractivity contribution in [3.05, 3.63) is 28.2 Å². The zero-order chi connectivity index (χ0) is 19.6. The van der Waals surface area contributed by atoms with Crippen molar-refractivity contribution in [1.29, 1.82) is 0 Å². The van der Waals surface area contributed by atoms with Crippen molar-refractivity contribution in [2.24, 2.45) is 0 Å². The number of hydrogen-bond acceptors (Lipinski definition) is 6. The fourth-order valence-electron chi connectivity index (χ4n) is 2.11. The average Bonchev–Trinajstić information content (AvgIpc) is 2.55. The van der Waals surface area contributed by atoms with E-state index in [1.165, 1.54) is 20.3 Å². The first-order chi connectivity index (χ1) is 12.0. The Hall–Kier alpha value is -2.92. The van der Waals surface area contributed by atoms with Gasteiger partial charge in [-0.05, 0) is 6.92 Å². The summed E-state index contributed by atoms with van der Waals surface area (Å²) in [5, 5.41) is 0. The number of amides is 2. The lowest BCUT2D eigenvalue weighted by Gasteiger charge is -2.36. The largest absolute Gasteiger partial charge is 0.451 e. The predicted octanol–water partition coefficient (Wildman–Crippen LogP) is 0.790. The highest BCUT2D eigenvalue weighted by molar-refractivity contribution is 5.96. The lowest BCUT2D eigenvalue weighted by atomic mass is 10.2. The molecule has 0 saturated carbocycles. The smallest absolute Gasteiger partial charge is 0.412 e. The van der Waals surface area contributed by atoms with E-state index in [-0.39, 0.29) is 0 Å². The van der Waals surface area contributed by atoms with E-state index < -0.39 is 54.6 Å². The molecule has 1 aromatic rings. The molecule has 1 aliphatic rings. The third-order valence-corrected chi connectivity index (χ3v) is 3.62. The van der Waals surface area contributed by atoms with Crippen LogP contribution in [0.1, 0.15) is 17.4 Å². The van der Waals surface area contributed by atoms with Crippen LogP contribution in [0.15, 0.2) is 17.1 Å². The van der Waals surface area contributed by atoms with Crippen molar-refractivity contribution < 1.29 is 32.2 Å². The summed E-state index contributed by atoms with van der Waals surface area (Å²) in [5.74, 6) is -1.56. The van der Waals surface area contributed by atoms with Crippen LogP contribution in [0.3, 0.4) is 0 Å². The summed E-state index contributed by atoms with van der Waals surface area (Å²) in [6.07, 6.45) is -4.20. The molecule has 1 atom stereocenters. The van der Waals surface area contributed by atoms with Crippen LogP contribution in [0.4, 0.5) is 18.0 Å². The molecule has 2 heterocycles. The van der Waals surface area contributed by atoms with E-state index in [9.17, 15) is 27.6 Å². The molecule has 144 valence electrons. The van der Waals surface area contributed by atoms with Gasteiger partial charge < -0.3 is 24.7 Å². The number of rotatable bonds is 4. The number of fused-ring (bicyclic) bond motifs is 1. The van der Waals surface area contributed by atoms with Gasteiger partial charge in [-0.2, -0.15) is 13.2 Å². The Morgan fingerprint density at radius 2 is 2.04 bits per heavy atom. The normalized spacial score (nSPS) is 15.0. The van der Waals surface area contributed by atoms with E-state index in [0.717, 1.165) is 22.6 Å². The Morgan fingerprint density at radius 3 is 2.62 bits per heavy atom. The quantitative estimate of drug-likeness (QED) is 0.779. The Labute approximate surface area is 145 Å². The van der Waals surface area contributed by atoms with Crippen LogP contribution >= 0.6 is 0 Å². The van der Waals surface area contributed by atoms with E-state index in [1.54, 1.807) is 0 Å². The molecular formula is C14H17F3N4O5. The predicted molar refractivity (Wildman–Crippen MR) is 82.3 cm³/mol. The summed E-state index contributed by atoms with van der Waals surface area (Å²) in [7, 11) is 2.84.